The number of hydrogen-bond acceptors (Lipinski definition) is 10. The number of rotatable bonds is 9. The molecule has 3 aliphatic rings. The lowest BCUT2D eigenvalue weighted by Crippen LogP contribution is -2.53. The molecule has 45 heavy (non-hydrogen) atoms. The smallest absolute Gasteiger partial charge is 0.343 e. The first-order valence-corrected chi connectivity index (χ1v) is 16.2. The number of aliphatic hydroxyl groups is 1. The molecule has 0 saturated carbocycles. The van der Waals surface area contributed by atoms with Crippen molar-refractivity contribution in [2.75, 3.05) is 19.6 Å². The van der Waals surface area contributed by atoms with Gasteiger partial charge in [0.15, 0.2) is 5.60 Å². The number of hydrogen-bond donors (Lipinski definition) is 2. The molecule has 3 aliphatic heterocycles. The van der Waals surface area contributed by atoms with Crippen LogP contribution in [-0.4, -0.2) is 73.5 Å². The number of nitrogens with zero attached hydrogens (tertiary/aromatic N) is 4. The third-order valence-electron chi connectivity index (χ3n) is 9.67. The van der Waals surface area contributed by atoms with Crippen molar-refractivity contribution in [3.8, 4) is 17.1 Å². The van der Waals surface area contributed by atoms with Crippen LogP contribution in [0.5, 0.6) is 5.75 Å². The molecule has 3 unspecified atom stereocenters. The Bertz CT molecular complexity index is 1710. The summed E-state index contributed by atoms with van der Waals surface area (Å²) in [7, 11) is 0. The van der Waals surface area contributed by atoms with Crippen LogP contribution in [0.15, 0.2) is 29.1 Å². The van der Waals surface area contributed by atoms with Crippen LogP contribution in [0.3, 0.4) is 0 Å². The van der Waals surface area contributed by atoms with Crippen LogP contribution >= 0.6 is 0 Å². The first-order chi connectivity index (χ1) is 21.6. The Hall–Kier alpha value is -3.64. The maximum Gasteiger partial charge on any atom is 0.343 e. The highest BCUT2D eigenvalue weighted by atomic mass is 16.6. The lowest BCUT2D eigenvalue weighted by atomic mass is 9.86. The number of aromatic nitrogens is 2. The van der Waals surface area contributed by atoms with Crippen LogP contribution in [0, 0.1) is 0 Å². The molecule has 0 spiro atoms. The third kappa shape index (κ3) is 5.25. The molecule has 0 amide bonds. The number of aryl methyl sites for hydroxylation is 1. The quantitative estimate of drug-likeness (QED) is 0.210. The second-order valence-electron chi connectivity index (χ2n) is 12.4. The predicted octanol–water partition coefficient (Wildman–Crippen LogP) is 3.89. The van der Waals surface area contributed by atoms with Crippen LogP contribution in [0.25, 0.3) is 22.3 Å². The number of cyclic esters (lactones) is 1. The zero-order valence-corrected chi connectivity index (χ0v) is 26.5. The number of pyridine rings is 2. The zero-order valence-electron chi connectivity index (χ0n) is 26.5. The second kappa shape index (κ2) is 12.3. The van der Waals surface area contributed by atoms with Crippen LogP contribution in [-0.2, 0) is 39.5 Å². The van der Waals surface area contributed by atoms with E-state index in [4.69, 9.17) is 14.5 Å². The Kier molecular flexibility index (Phi) is 8.55. The summed E-state index contributed by atoms with van der Waals surface area (Å²) in [6.45, 7) is 10.3. The van der Waals surface area contributed by atoms with Gasteiger partial charge in [0.25, 0.3) is 5.56 Å². The van der Waals surface area contributed by atoms with Gasteiger partial charge in [0.05, 0.1) is 29.0 Å². The molecule has 1 aromatic carbocycles. The summed E-state index contributed by atoms with van der Waals surface area (Å²) in [5.41, 5.74) is 1.75. The topological polar surface area (TPSA) is 134 Å². The van der Waals surface area contributed by atoms with Gasteiger partial charge < -0.3 is 29.3 Å². The fourth-order valence-corrected chi connectivity index (χ4v) is 7.18. The van der Waals surface area contributed by atoms with Gasteiger partial charge in [0.1, 0.15) is 18.4 Å². The number of esters is 2. The highest BCUT2D eigenvalue weighted by Crippen LogP contribution is 2.40. The number of ether oxygens (including phenoxy) is 2. The molecule has 2 N–H and O–H groups in total. The summed E-state index contributed by atoms with van der Waals surface area (Å²) in [5.74, 6) is -0.934. The van der Waals surface area contributed by atoms with Crippen molar-refractivity contribution in [3.63, 3.8) is 0 Å². The first-order valence-electron chi connectivity index (χ1n) is 16.2. The van der Waals surface area contributed by atoms with Crippen molar-refractivity contribution in [2.45, 2.75) is 97.1 Å². The lowest BCUT2D eigenvalue weighted by molar-refractivity contribution is -0.179. The molecule has 6 rings (SSSR count). The van der Waals surface area contributed by atoms with Crippen LogP contribution < -0.4 is 10.3 Å². The van der Waals surface area contributed by atoms with Crippen molar-refractivity contribution >= 4 is 22.8 Å². The monoisotopic (exact) mass is 618 g/mol. The average Bonchev–Trinajstić information content (AvgIpc) is 3.40. The lowest BCUT2D eigenvalue weighted by Gasteiger charge is -2.39. The molecule has 11 heteroatoms. The summed E-state index contributed by atoms with van der Waals surface area (Å²) >= 11 is 0. The Labute approximate surface area is 262 Å². The Morgan fingerprint density at radius 2 is 1.91 bits per heavy atom. The second-order valence-corrected chi connectivity index (χ2v) is 12.4. The van der Waals surface area contributed by atoms with Gasteiger partial charge in [0.2, 0.25) is 0 Å². The molecule has 240 valence electrons. The van der Waals surface area contributed by atoms with Gasteiger partial charge in [-0.25, -0.2) is 14.6 Å². The van der Waals surface area contributed by atoms with Gasteiger partial charge >= 0.3 is 11.9 Å². The summed E-state index contributed by atoms with van der Waals surface area (Å²) in [6, 6.07) is 6.64. The Balaban J connectivity index is 1.36. The molecule has 0 radical (unpaired) electrons. The van der Waals surface area contributed by atoms with Gasteiger partial charge in [-0.1, -0.05) is 33.8 Å². The van der Waals surface area contributed by atoms with E-state index in [9.17, 15) is 24.7 Å². The van der Waals surface area contributed by atoms with Crippen molar-refractivity contribution < 1.29 is 29.4 Å². The van der Waals surface area contributed by atoms with Gasteiger partial charge in [-0.15, -0.1) is 0 Å². The standard InChI is InChI=1S/C34H42N4O7/c1-5-12-36(13-6-2)22-11-14-38(43)27(16-22)32(40)45-28-10-9-20(7-3)29-23(28)15-21-18-37-26(30(21)35-29)17-25-24(31(37)39)19-44-33(41)34(25,42)8-4/h9-10,15,17,22,27,42-43H,5-8,11-14,16,18-19H2,1-4H3. The van der Waals surface area contributed by atoms with Crippen molar-refractivity contribution in [1.82, 2.24) is 19.5 Å². The Morgan fingerprint density at radius 1 is 1.16 bits per heavy atom. The van der Waals surface area contributed by atoms with Crippen LogP contribution in [0.1, 0.15) is 82.1 Å². The molecule has 1 saturated heterocycles. The summed E-state index contributed by atoms with van der Waals surface area (Å²) in [4.78, 5) is 47.2. The van der Waals surface area contributed by atoms with E-state index in [1.54, 1.807) is 23.6 Å². The molecular weight excluding hydrogens is 576 g/mol. The van der Waals surface area contributed by atoms with Crippen molar-refractivity contribution in [3.05, 3.63) is 56.9 Å². The predicted molar refractivity (Wildman–Crippen MR) is 167 cm³/mol. The maximum absolute atomic E-state index is 13.6. The first kappa shape index (κ1) is 31.3. The van der Waals surface area contributed by atoms with E-state index in [1.807, 2.05) is 19.1 Å². The maximum atomic E-state index is 13.6. The molecular formula is C34H42N4O7. The Morgan fingerprint density at radius 3 is 2.60 bits per heavy atom. The minimum Gasteiger partial charge on any atom is -0.458 e. The van der Waals surface area contributed by atoms with E-state index in [2.05, 4.69) is 18.7 Å². The fraction of sp³-hybridized carbons (Fsp3) is 0.529. The van der Waals surface area contributed by atoms with Gasteiger partial charge in [-0.3, -0.25) is 4.79 Å². The minimum absolute atomic E-state index is 0.0662. The molecule has 1 fully saturated rings. The molecule has 2 aromatic heterocycles. The number of fused-ring (bicyclic) bond motifs is 5. The van der Waals surface area contributed by atoms with Crippen LogP contribution in [0.4, 0.5) is 0 Å². The van der Waals surface area contributed by atoms with Crippen LogP contribution in [0.2, 0.25) is 0 Å². The molecule has 0 bridgehead atoms. The highest BCUT2D eigenvalue weighted by Gasteiger charge is 2.45. The minimum atomic E-state index is -1.90. The van der Waals surface area contributed by atoms with E-state index in [0.29, 0.717) is 47.4 Å². The normalized spacial score (nSPS) is 22.7. The molecule has 5 heterocycles. The van der Waals surface area contributed by atoms with E-state index >= 15 is 0 Å². The molecule has 3 aromatic rings. The molecule has 0 aliphatic carbocycles. The van der Waals surface area contributed by atoms with E-state index < -0.39 is 23.6 Å². The summed E-state index contributed by atoms with van der Waals surface area (Å²) in [5, 5.41) is 23.6. The third-order valence-corrected chi connectivity index (χ3v) is 9.67. The highest BCUT2D eigenvalue weighted by molar-refractivity contribution is 5.94. The van der Waals surface area contributed by atoms with Gasteiger partial charge in [-0.05, 0) is 75.4 Å². The fourth-order valence-electron chi connectivity index (χ4n) is 7.18. The number of hydroxylamine groups is 2. The average molecular weight is 619 g/mol. The van der Waals surface area contributed by atoms with E-state index in [-0.39, 0.29) is 42.3 Å². The van der Waals surface area contributed by atoms with Gasteiger partial charge in [-0.2, -0.15) is 5.06 Å². The molecule has 3 atom stereocenters. The zero-order chi connectivity index (χ0) is 32.0. The van der Waals surface area contributed by atoms with E-state index in [0.717, 1.165) is 48.5 Å². The summed E-state index contributed by atoms with van der Waals surface area (Å²) < 4.78 is 12.8. The largest absolute Gasteiger partial charge is 0.458 e. The van der Waals surface area contributed by atoms with Gasteiger partial charge in [0, 0.05) is 29.1 Å². The number of carbonyl (C=O) groups is 2. The molecule has 11 nitrogen and oxygen atoms in total. The van der Waals surface area contributed by atoms with Crippen molar-refractivity contribution in [1.29, 1.82) is 0 Å². The SMILES string of the molecule is CCCN(CCC)C1CCN(O)C(C(=O)Oc2ccc(CC)c3nc4c(cc23)Cn2c-4cc3c(c2=O)COC(=O)C3(O)CC)C1. The number of carbonyl (C=O) groups excluding carboxylic acids is 2. The summed E-state index contributed by atoms with van der Waals surface area (Å²) in [6.07, 6.45) is 4.04. The van der Waals surface area contributed by atoms with E-state index in [1.165, 1.54) is 0 Å². The number of piperidine rings is 1. The number of benzene rings is 1. The van der Waals surface area contributed by atoms with Crippen molar-refractivity contribution in [2.24, 2.45) is 0 Å².